The third-order valence-corrected chi connectivity index (χ3v) is 3.63. The molecule has 0 N–H and O–H groups in total. The fraction of sp³-hybridized carbons (Fsp3) is 0.929. The van der Waals surface area contributed by atoms with E-state index in [9.17, 15) is 4.79 Å². The average Bonchev–Trinajstić information content (AvgIpc) is 2.89. The summed E-state index contributed by atoms with van der Waals surface area (Å²) >= 11 is 0. The average molecular weight is 256 g/mol. The summed E-state index contributed by atoms with van der Waals surface area (Å²) in [4.78, 5) is 11.6. The van der Waals surface area contributed by atoms with Crippen LogP contribution in [0.4, 0.5) is 0 Å². The van der Waals surface area contributed by atoms with E-state index in [2.05, 4.69) is 0 Å². The van der Waals surface area contributed by atoms with Crippen molar-refractivity contribution in [3.05, 3.63) is 0 Å². The minimum absolute atomic E-state index is 0.116. The second-order valence-corrected chi connectivity index (χ2v) is 5.21. The van der Waals surface area contributed by atoms with Gasteiger partial charge in [0.05, 0.1) is 25.7 Å². The summed E-state index contributed by atoms with van der Waals surface area (Å²) in [6.45, 7) is 1.90. The lowest BCUT2D eigenvalue weighted by molar-refractivity contribution is -0.152. The largest absolute Gasteiger partial charge is 0.462 e. The molecule has 1 atom stereocenters. The van der Waals surface area contributed by atoms with Gasteiger partial charge in [0.15, 0.2) is 0 Å². The van der Waals surface area contributed by atoms with Gasteiger partial charge in [-0.3, -0.25) is 4.79 Å². The summed E-state index contributed by atoms with van der Waals surface area (Å²) < 4.78 is 16.3. The number of carbonyl (C=O) groups is 1. The fourth-order valence-corrected chi connectivity index (χ4v) is 2.57. The molecule has 0 aromatic carbocycles. The molecule has 1 aliphatic carbocycles. The van der Waals surface area contributed by atoms with Gasteiger partial charge in [-0.25, -0.2) is 0 Å². The number of hydrogen-bond acceptors (Lipinski definition) is 4. The standard InChI is InChI=1S/C14H24O4/c15-14(18-12-5-2-1-3-6-12)8-10-16-11-13-7-4-9-17-13/h12-13H,1-11H2. The number of ether oxygens (including phenoxy) is 3. The zero-order valence-electron chi connectivity index (χ0n) is 11.1. The van der Waals surface area contributed by atoms with Gasteiger partial charge in [0.25, 0.3) is 0 Å². The van der Waals surface area contributed by atoms with Crippen LogP contribution in [0.1, 0.15) is 51.4 Å². The SMILES string of the molecule is O=C(CCOCC1CCCO1)OC1CCCCC1. The van der Waals surface area contributed by atoms with Gasteiger partial charge in [-0.1, -0.05) is 6.42 Å². The van der Waals surface area contributed by atoms with Crippen LogP contribution >= 0.6 is 0 Å². The van der Waals surface area contributed by atoms with Crippen molar-refractivity contribution in [1.82, 2.24) is 0 Å². The highest BCUT2D eigenvalue weighted by Gasteiger charge is 2.18. The van der Waals surface area contributed by atoms with Gasteiger partial charge in [0.1, 0.15) is 6.10 Å². The molecule has 4 heteroatoms. The first-order chi connectivity index (χ1) is 8.84. The molecule has 1 aliphatic heterocycles. The van der Waals surface area contributed by atoms with E-state index in [0.717, 1.165) is 32.3 Å². The molecular weight excluding hydrogens is 232 g/mol. The van der Waals surface area contributed by atoms with E-state index in [1.165, 1.54) is 19.3 Å². The van der Waals surface area contributed by atoms with Crippen LogP contribution in [-0.2, 0) is 19.0 Å². The Morgan fingerprint density at radius 3 is 2.67 bits per heavy atom. The summed E-state index contributed by atoms with van der Waals surface area (Å²) in [6.07, 6.45) is 8.67. The lowest BCUT2D eigenvalue weighted by atomic mass is 9.98. The third-order valence-electron chi connectivity index (χ3n) is 3.63. The molecule has 0 amide bonds. The van der Waals surface area contributed by atoms with Crippen molar-refractivity contribution < 1.29 is 19.0 Å². The van der Waals surface area contributed by atoms with E-state index < -0.39 is 0 Å². The summed E-state index contributed by atoms with van der Waals surface area (Å²) in [6, 6.07) is 0. The second-order valence-electron chi connectivity index (χ2n) is 5.21. The molecule has 18 heavy (non-hydrogen) atoms. The first-order valence-electron chi connectivity index (χ1n) is 7.23. The van der Waals surface area contributed by atoms with Crippen LogP contribution in [0.5, 0.6) is 0 Å². The number of hydrogen-bond donors (Lipinski definition) is 0. The van der Waals surface area contributed by atoms with E-state index in [1.54, 1.807) is 0 Å². The highest BCUT2D eigenvalue weighted by atomic mass is 16.6. The Bertz CT molecular complexity index is 242. The predicted octanol–water partition coefficient (Wildman–Crippen LogP) is 2.45. The van der Waals surface area contributed by atoms with Gasteiger partial charge in [-0.05, 0) is 38.5 Å². The number of rotatable bonds is 6. The van der Waals surface area contributed by atoms with Crippen LogP contribution in [0, 0.1) is 0 Å². The molecule has 104 valence electrons. The van der Waals surface area contributed by atoms with Crippen molar-refractivity contribution in [3.63, 3.8) is 0 Å². The normalized spacial score (nSPS) is 25.2. The topological polar surface area (TPSA) is 44.8 Å². The number of carbonyl (C=O) groups excluding carboxylic acids is 1. The van der Waals surface area contributed by atoms with E-state index >= 15 is 0 Å². The Hall–Kier alpha value is -0.610. The minimum atomic E-state index is -0.116. The van der Waals surface area contributed by atoms with Gasteiger partial charge in [0.2, 0.25) is 0 Å². The zero-order valence-corrected chi connectivity index (χ0v) is 11.1. The summed E-state index contributed by atoms with van der Waals surface area (Å²) in [5, 5.41) is 0. The van der Waals surface area contributed by atoms with Crippen LogP contribution in [0.2, 0.25) is 0 Å². The Morgan fingerprint density at radius 2 is 1.94 bits per heavy atom. The van der Waals surface area contributed by atoms with Crippen molar-refractivity contribution in [2.75, 3.05) is 19.8 Å². The van der Waals surface area contributed by atoms with Crippen molar-refractivity contribution in [2.45, 2.75) is 63.6 Å². The molecule has 0 bridgehead atoms. The molecule has 0 spiro atoms. The van der Waals surface area contributed by atoms with E-state index in [-0.39, 0.29) is 18.2 Å². The van der Waals surface area contributed by atoms with Crippen LogP contribution in [-0.4, -0.2) is 38.0 Å². The van der Waals surface area contributed by atoms with Crippen LogP contribution in [0.25, 0.3) is 0 Å². The monoisotopic (exact) mass is 256 g/mol. The van der Waals surface area contributed by atoms with Crippen LogP contribution in [0.3, 0.4) is 0 Å². The highest BCUT2D eigenvalue weighted by molar-refractivity contribution is 5.69. The quantitative estimate of drug-likeness (QED) is 0.541. The summed E-state index contributed by atoms with van der Waals surface area (Å²) in [7, 11) is 0. The van der Waals surface area contributed by atoms with Crippen LogP contribution < -0.4 is 0 Å². The highest BCUT2D eigenvalue weighted by Crippen LogP contribution is 2.20. The third kappa shape index (κ3) is 4.94. The molecule has 2 rings (SSSR count). The van der Waals surface area contributed by atoms with Crippen molar-refractivity contribution in [3.8, 4) is 0 Å². The van der Waals surface area contributed by atoms with Crippen LogP contribution in [0.15, 0.2) is 0 Å². The molecule has 4 nitrogen and oxygen atoms in total. The zero-order chi connectivity index (χ0) is 12.6. The Kier molecular flexibility index (Phi) is 5.94. The molecular formula is C14H24O4. The van der Waals surface area contributed by atoms with Crippen molar-refractivity contribution in [1.29, 1.82) is 0 Å². The maximum absolute atomic E-state index is 11.6. The molecule has 1 heterocycles. The Labute approximate surface area is 109 Å². The first-order valence-corrected chi connectivity index (χ1v) is 7.23. The first kappa shape index (κ1) is 13.8. The lowest BCUT2D eigenvalue weighted by Gasteiger charge is -2.21. The molecule has 0 aromatic heterocycles. The molecule has 1 unspecified atom stereocenters. The van der Waals surface area contributed by atoms with Gasteiger partial charge in [-0.2, -0.15) is 0 Å². The molecule has 1 saturated heterocycles. The van der Waals surface area contributed by atoms with E-state index in [4.69, 9.17) is 14.2 Å². The minimum Gasteiger partial charge on any atom is -0.462 e. The smallest absolute Gasteiger partial charge is 0.308 e. The number of esters is 1. The van der Waals surface area contributed by atoms with Gasteiger partial charge in [0, 0.05) is 6.61 Å². The molecule has 0 aromatic rings. The molecule has 1 saturated carbocycles. The van der Waals surface area contributed by atoms with Crippen molar-refractivity contribution >= 4 is 5.97 Å². The second kappa shape index (κ2) is 7.74. The van der Waals surface area contributed by atoms with Crippen molar-refractivity contribution in [2.24, 2.45) is 0 Å². The van der Waals surface area contributed by atoms with E-state index in [0.29, 0.717) is 19.6 Å². The molecule has 0 radical (unpaired) electrons. The summed E-state index contributed by atoms with van der Waals surface area (Å²) in [5.41, 5.74) is 0. The maximum atomic E-state index is 11.6. The predicted molar refractivity (Wildman–Crippen MR) is 67.4 cm³/mol. The summed E-state index contributed by atoms with van der Waals surface area (Å²) in [5.74, 6) is -0.116. The van der Waals surface area contributed by atoms with E-state index in [1.807, 2.05) is 0 Å². The van der Waals surface area contributed by atoms with Gasteiger partial charge >= 0.3 is 5.97 Å². The van der Waals surface area contributed by atoms with Gasteiger partial charge < -0.3 is 14.2 Å². The lowest BCUT2D eigenvalue weighted by Crippen LogP contribution is -2.22. The van der Waals surface area contributed by atoms with Gasteiger partial charge in [-0.15, -0.1) is 0 Å². The Balaban J connectivity index is 1.48. The molecule has 2 aliphatic rings. The maximum Gasteiger partial charge on any atom is 0.308 e. The Morgan fingerprint density at radius 1 is 1.11 bits per heavy atom. The fourth-order valence-electron chi connectivity index (χ4n) is 2.57. The molecule has 2 fully saturated rings.